The van der Waals surface area contributed by atoms with E-state index in [9.17, 15) is 0 Å². The summed E-state index contributed by atoms with van der Waals surface area (Å²) in [5.74, 6) is 1.13. The van der Waals surface area contributed by atoms with Crippen LogP contribution in [0.2, 0.25) is 0 Å². The number of benzene rings is 3. The van der Waals surface area contributed by atoms with E-state index < -0.39 is 0 Å². The minimum absolute atomic E-state index is 0.865. The molecule has 6 rings (SSSR count). The van der Waals surface area contributed by atoms with Gasteiger partial charge in [0.1, 0.15) is 12.9 Å². The van der Waals surface area contributed by atoms with Gasteiger partial charge in [0.2, 0.25) is 5.69 Å². The molecule has 0 spiro atoms. The maximum absolute atomic E-state index is 4.94. The van der Waals surface area contributed by atoms with Crippen molar-refractivity contribution < 1.29 is 4.57 Å². The first-order chi connectivity index (χ1) is 14.1. The number of para-hydroxylation sites is 2. The predicted octanol–water partition coefficient (Wildman–Crippen LogP) is 5.19. The monoisotopic (exact) mass is 376 g/mol. The summed E-state index contributed by atoms with van der Waals surface area (Å²) in [7, 11) is 2.15. The van der Waals surface area contributed by atoms with Crippen molar-refractivity contribution in [3.63, 3.8) is 0 Å². The summed E-state index contributed by atoms with van der Waals surface area (Å²) in [4.78, 5) is 4.94. The van der Waals surface area contributed by atoms with Gasteiger partial charge in [-0.2, -0.15) is 0 Å². The lowest BCUT2D eigenvalue weighted by atomic mass is 9.90. The van der Waals surface area contributed by atoms with Gasteiger partial charge in [-0.1, -0.05) is 30.3 Å². The summed E-state index contributed by atoms with van der Waals surface area (Å²) in [6.07, 6.45) is 3.04. The number of nitrogens with zero attached hydrogens (tertiary/aromatic N) is 3. The molecule has 1 aliphatic rings. The number of imidazole rings is 1. The van der Waals surface area contributed by atoms with E-state index in [1.54, 1.807) is 0 Å². The van der Waals surface area contributed by atoms with Gasteiger partial charge in [-0.05, 0) is 60.2 Å². The molecule has 3 heterocycles. The smallest absolute Gasteiger partial charge is 0.220 e. The fraction of sp³-hybridized carbons (Fsp3) is 0.154. The van der Waals surface area contributed by atoms with Crippen molar-refractivity contribution in [2.24, 2.45) is 7.05 Å². The van der Waals surface area contributed by atoms with E-state index in [4.69, 9.17) is 4.98 Å². The Hall–Kier alpha value is -3.46. The number of aromatic nitrogens is 3. The third-order valence-electron chi connectivity index (χ3n) is 6.42. The van der Waals surface area contributed by atoms with Crippen LogP contribution in [0.15, 0.2) is 66.9 Å². The van der Waals surface area contributed by atoms with Crippen LogP contribution in [0.3, 0.4) is 0 Å². The summed E-state index contributed by atoms with van der Waals surface area (Å²) in [6.45, 7) is 4.48. The number of hydrogen-bond donors (Lipinski definition) is 0. The lowest BCUT2D eigenvalue weighted by molar-refractivity contribution is -0.659. The Kier molecular flexibility index (Phi) is 3.28. The SMILES string of the molecule is Cc1cc2c(c(-c3c4ccccc4cc[n+]3C)c1C)Cc1nc3ccccc3n1-2. The molecule has 0 N–H and O–H groups in total. The zero-order chi connectivity index (χ0) is 19.7. The maximum atomic E-state index is 4.94. The number of rotatable bonds is 1. The Bertz CT molecular complexity index is 1460. The Morgan fingerprint density at radius 3 is 2.66 bits per heavy atom. The highest BCUT2D eigenvalue weighted by molar-refractivity contribution is 5.96. The average molecular weight is 376 g/mol. The molecular weight excluding hydrogens is 354 g/mol. The fourth-order valence-corrected chi connectivity index (χ4v) is 4.90. The Labute approximate surface area is 169 Å². The van der Waals surface area contributed by atoms with Gasteiger partial charge in [0.15, 0.2) is 6.20 Å². The van der Waals surface area contributed by atoms with Crippen LogP contribution in [0.4, 0.5) is 0 Å². The zero-order valence-electron chi connectivity index (χ0n) is 16.9. The molecule has 0 saturated heterocycles. The molecule has 2 aromatic heterocycles. The second-order valence-electron chi connectivity index (χ2n) is 8.08. The van der Waals surface area contributed by atoms with E-state index in [0.29, 0.717) is 0 Å². The number of fused-ring (bicyclic) bond motifs is 6. The largest absolute Gasteiger partial charge is 0.296 e. The second-order valence-corrected chi connectivity index (χ2v) is 8.08. The zero-order valence-corrected chi connectivity index (χ0v) is 16.9. The van der Waals surface area contributed by atoms with Gasteiger partial charge >= 0.3 is 0 Å². The molecule has 3 aromatic carbocycles. The molecule has 29 heavy (non-hydrogen) atoms. The Morgan fingerprint density at radius 2 is 1.76 bits per heavy atom. The second kappa shape index (κ2) is 5.77. The van der Waals surface area contributed by atoms with Crippen molar-refractivity contribution in [1.82, 2.24) is 9.55 Å². The molecule has 0 bridgehead atoms. The van der Waals surface area contributed by atoms with Gasteiger partial charge in [0.25, 0.3) is 0 Å². The molecule has 0 saturated carbocycles. The van der Waals surface area contributed by atoms with Crippen LogP contribution in [0.1, 0.15) is 22.5 Å². The molecule has 140 valence electrons. The third-order valence-corrected chi connectivity index (χ3v) is 6.42. The van der Waals surface area contributed by atoms with E-state index in [0.717, 1.165) is 17.8 Å². The average Bonchev–Trinajstić information content (AvgIpc) is 3.26. The Balaban J connectivity index is 1.74. The van der Waals surface area contributed by atoms with Gasteiger partial charge in [-0.15, -0.1) is 0 Å². The minimum Gasteiger partial charge on any atom is -0.296 e. The van der Waals surface area contributed by atoms with Gasteiger partial charge < -0.3 is 0 Å². The molecule has 5 aromatic rings. The maximum Gasteiger partial charge on any atom is 0.220 e. The van der Waals surface area contributed by atoms with Crippen LogP contribution >= 0.6 is 0 Å². The topological polar surface area (TPSA) is 21.7 Å². The van der Waals surface area contributed by atoms with Crippen molar-refractivity contribution in [1.29, 1.82) is 0 Å². The molecule has 0 fully saturated rings. The molecular formula is C26H22N3+. The minimum atomic E-state index is 0.865. The normalized spacial score (nSPS) is 12.5. The van der Waals surface area contributed by atoms with Crippen LogP contribution < -0.4 is 4.57 Å². The summed E-state index contributed by atoms with van der Waals surface area (Å²) in [5, 5.41) is 2.57. The van der Waals surface area contributed by atoms with Crippen molar-refractivity contribution in [3.8, 4) is 16.9 Å². The molecule has 0 atom stereocenters. The third kappa shape index (κ3) is 2.18. The van der Waals surface area contributed by atoms with Crippen molar-refractivity contribution in [2.75, 3.05) is 0 Å². The standard InChI is InChI=1S/C26H22N3/c1-16-14-23-20(15-24-27-21-10-6-7-11-22(21)29(23)24)25(17(16)2)26-19-9-5-4-8-18(19)12-13-28(26)3/h4-14H,15H2,1-3H3/q+1. The molecule has 0 amide bonds. The lowest BCUT2D eigenvalue weighted by Gasteiger charge is -2.15. The number of aryl methyl sites for hydroxylation is 2. The summed E-state index contributed by atoms with van der Waals surface area (Å²) >= 11 is 0. The first-order valence-corrected chi connectivity index (χ1v) is 10.1. The van der Waals surface area contributed by atoms with Crippen LogP contribution in [0.25, 0.3) is 38.8 Å². The molecule has 1 aliphatic heterocycles. The quantitative estimate of drug-likeness (QED) is 0.362. The van der Waals surface area contributed by atoms with E-state index in [-0.39, 0.29) is 0 Å². The number of hydrogen-bond acceptors (Lipinski definition) is 1. The van der Waals surface area contributed by atoms with E-state index in [2.05, 4.69) is 96.9 Å². The van der Waals surface area contributed by atoms with Crippen LogP contribution in [-0.2, 0) is 13.5 Å². The predicted molar refractivity (Wildman–Crippen MR) is 117 cm³/mol. The van der Waals surface area contributed by atoms with Gasteiger partial charge in [-0.25, -0.2) is 9.55 Å². The van der Waals surface area contributed by atoms with E-state index in [1.165, 1.54) is 49.9 Å². The van der Waals surface area contributed by atoms with E-state index >= 15 is 0 Å². The molecule has 3 nitrogen and oxygen atoms in total. The highest BCUT2D eigenvalue weighted by Crippen LogP contribution is 2.41. The van der Waals surface area contributed by atoms with Crippen LogP contribution in [0, 0.1) is 13.8 Å². The highest BCUT2D eigenvalue weighted by Gasteiger charge is 2.30. The highest BCUT2D eigenvalue weighted by atomic mass is 15.1. The molecule has 0 unspecified atom stereocenters. The number of pyridine rings is 1. The lowest BCUT2D eigenvalue weighted by Crippen LogP contribution is -2.31. The van der Waals surface area contributed by atoms with Gasteiger partial charge in [0, 0.05) is 12.5 Å². The van der Waals surface area contributed by atoms with Gasteiger partial charge in [-0.3, -0.25) is 4.57 Å². The van der Waals surface area contributed by atoms with Gasteiger partial charge in [0.05, 0.1) is 27.7 Å². The van der Waals surface area contributed by atoms with E-state index in [1.807, 2.05) is 0 Å². The first-order valence-electron chi connectivity index (χ1n) is 10.1. The Morgan fingerprint density at radius 1 is 0.966 bits per heavy atom. The van der Waals surface area contributed by atoms with Crippen LogP contribution in [-0.4, -0.2) is 9.55 Å². The molecule has 3 heteroatoms. The van der Waals surface area contributed by atoms with Crippen molar-refractivity contribution in [2.45, 2.75) is 20.3 Å². The molecule has 0 radical (unpaired) electrons. The fourth-order valence-electron chi connectivity index (χ4n) is 4.90. The van der Waals surface area contributed by atoms with Crippen LogP contribution in [0.5, 0.6) is 0 Å². The summed E-state index contributed by atoms with van der Waals surface area (Å²) in [6, 6.07) is 21.7. The molecule has 0 aliphatic carbocycles. The van der Waals surface area contributed by atoms with Crippen molar-refractivity contribution >= 4 is 21.8 Å². The summed E-state index contributed by atoms with van der Waals surface area (Å²) < 4.78 is 4.62. The first kappa shape index (κ1) is 16.5. The van der Waals surface area contributed by atoms with Crippen molar-refractivity contribution in [3.05, 3.63) is 89.4 Å². The summed E-state index contributed by atoms with van der Waals surface area (Å²) in [5.41, 5.74) is 10.2.